The maximum absolute atomic E-state index is 11.1. The summed E-state index contributed by atoms with van der Waals surface area (Å²) in [7, 11) is 0. The zero-order valence-corrected chi connectivity index (χ0v) is 6.90. The minimum Gasteiger partial charge on any atom is -0.289 e. The van der Waals surface area contributed by atoms with Gasteiger partial charge in [-0.1, -0.05) is 19.6 Å². The summed E-state index contributed by atoms with van der Waals surface area (Å²) in [5.74, 6) is 0.0880. The van der Waals surface area contributed by atoms with E-state index in [1.54, 1.807) is 6.92 Å². The monoisotopic (exact) mass is 138 g/mol. The minimum absolute atomic E-state index is 0.0880. The predicted molar refractivity (Wildman–Crippen MR) is 43.9 cm³/mol. The Kier molecular flexibility index (Phi) is 3.70. The van der Waals surface area contributed by atoms with Gasteiger partial charge in [0.05, 0.1) is 0 Å². The quantitative estimate of drug-likeness (QED) is 0.547. The zero-order chi connectivity index (χ0) is 8.15. The van der Waals surface area contributed by atoms with Crippen molar-refractivity contribution in [2.75, 3.05) is 0 Å². The second kappa shape index (κ2) is 4.04. The number of rotatable bonds is 3. The molecule has 0 fully saturated rings. The van der Waals surface area contributed by atoms with Crippen LogP contribution in [0.15, 0.2) is 23.8 Å². The molecule has 56 valence electrons. The fourth-order valence-electron chi connectivity index (χ4n) is 0.770. The van der Waals surface area contributed by atoms with Gasteiger partial charge in [0.25, 0.3) is 0 Å². The van der Waals surface area contributed by atoms with E-state index in [-0.39, 0.29) is 5.78 Å². The average molecular weight is 138 g/mol. The van der Waals surface area contributed by atoms with Crippen LogP contribution >= 0.6 is 0 Å². The standard InChI is InChI=1S/C9H14O/c1-5-8(6-2)9(10)7(3)4/h5H,3,6H2,1-2,4H3. The van der Waals surface area contributed by atoms with Crippen molar-refractivity contribution in [3.8, 4) is 0 Å². The van der Waals surface area contributed by atoms with Crippen LogP contribution in [0.5, 0.6) is 0 Å². The highest BCUT2D eigenvalue weighted by molar-refractivity contribution is 6.07. The van der Waals surface area contributed by atoms with Gasteiger partial charge < -0.3 is 0 Å². The summed E-state index contributed by atoms with van der Waals surface area (Å²) in [6.45, 7) is 9.16. The lowest BCUT2D eigenvalue weighted by atomic mass is 10.0. The van der Waals surface area contributed by atoms with E-state index in [2.05, 4.69) is 6.58 Å². The predicted octanol–water partition coefficient (Wildman–Crippen LogP) is 2.49. The maximum atomic E-state index is 11.1. The zero-order valence-electron chi connectivity index (χ0n) is 6.90. The molecule has 0 aliphatic rings. The fraction of sp³-hybridized carbons (Fsp3) is 0.444. The Bertz CT molecular complexity index is 175. The van der Waals surface area contributed by atoms with Crippen molar-refractivity contribution in [3.05, 3.63) is 23.8 Å². The highest BCUT2D eigenvalue weighted by Crippen LogP contribution is 2.06. The van der Waals surface area contributed by atoms with E-state index in [0.29, 0.717) is 5.57 Å². The summed E-state index contributed by atoms with van der Waals surface area (Å²) in [5.41, 5.74) is 1.47. The number of allylic oxidation sites excluding steroid dienone is 3. The molecule has 0 aliphatic carbocycles. The molecule has 0 aliphatic heterocycles. The van der Waals surface area contributed by atoms with Crippen LogP contribution in [0.2, 0.25) is 0 Å². The van der Waals surface area contributed by atoms with Crippen molar-refractivity contribution in [1.82, 2.24) is 0 Å². The fourth-order valence-corrected chi connectivity index (χ4v) is 0.770. The average Bonchev–Trinajstić information content (AvgIpc) is 1.90. The highest BCUT2D eigenvalue weighted by atomic mass is 16.1. The Morgan fingerprint density at radius 1 is 1.60 bits per heavy atom. The van der Waals surface area contributed by atoms with Crippen molar-refractivity contribution in [2.45, 2.75) is 27.2 Å². The molecule has 0 saturated heterocycles. The summed E-state index contributed by atoms with van der Waals surface area (Å²) in [4.78, 5) is 11.1. The van der Waals surface area contributed by atoms with Gasteiger partial charge in [0, 0.05) is 0 Å². The maximum Gasteiger partial charge on any atom is 0.183 e. The Morgan fingerprint density at radius 3 is 2.20 bits per heavy atom. The van der Waals surface area contributed by atoms with E-state index in [0.717, 1.165) is 12.0 Å². The van der Waals surface area contributed by atoms with E-state index in [1.807, 2.05) is 19.9 Å². The van der Waals surface area contributed by atoms with Gasteiger partial charge in [0.1, 0.15) is 0 Å². The van der Waals surface area contributed by atoms with Crippen LogP contribution in [-0.2, 0) is 4.79 Å². The van der Waals surface area contributed by atoms with Crippen molar-refractivity contribution >= 4 is 5.78 Å². The number of Topliss-reactive ketones (excluding diaryl/α,β-unsaturated/α-hetero) is 1. The molecule has 10 heavy (non-hydrogen) atoms. The summed E-state index contributed by atoms with van der Waals surface area (Å²) < 4.78 is 0. The second-order valence-corrected chi connectivity index (χ2v) is 2.28. The molecular formula is C9H14O. The molecule has 0 heterocycles. The van der Waals surface area contributed by atoms with E-state index >= 15 is 0 Å². The molecule has 0 radical (unpaired) electrons. The lowest BCUT2D eigenvalue weighted by Gasteiger charge is -1.99. The van der Waals surface area contributed by atoms with Crippen LogP contribution in [0.1, 0.15) is 27.2 Å². The normalized spacial score (nSPS) is 11.3. The van der Waals surface area contributed by atoms with E-state index in [4.69, 9.17) is 0 Å². The largest absolute Gasteiger partial charge is 0.289 e. The summed E-state index contributed by atoms with van der Waals surface area (Å²) in [6.07, 6.45) is 2.64. The SMILES string of the molecule is C=C(C)C(=O)C(=CC)CC. The first-order valence-corrected chi connectivity index (χ1v) is 3.48. The smallest absolute Gasteiger partial charge is 0.183 e. The third kappa shape index (κ3) is 2.18. The van der Waals surface area contributed by atoms with E-state index in [9.17, 15) is 4.79 Å². The van der Waals surface area contributed by atoms with Crippen LogP contribution in [0.25, 0.3) is 0 Å². The van der Waals surface area contributed by atoms with Crippen LogP contribution in [0.4, 0.5) is 0 Å². The first kappa shape index (κ1) is 9.15. The van der Waals surface area contributed by atoms with Crippen molar-refractivity contribution in [3.63, 3.8) is 0 Å². The van der Waals surface area contributed by atoms with Gasteiger partial charge in [-0.15, -0.1) is 0 Å². The molecule has 0 unspecified atom stereocenters. The molecule has 0 saturated carbocycles. The first-order valence-electron chi connectivity index (χ1n) is 3.48. The molecule has 0 aromatic heterocycles. The van der Waals surface area contributed by atoms with Crippen LogP contribution in [-0.4, -0.2) is 5.78 Å². The molecule has 0 aromatic carbocycles. The van der Waals surface area contributed by atoms with E-state index < -0.39 is 0 Å². The Hall–Kier alpha value is -0.850. The molecule has 0 N–H and O–H groups in total. The third-order valence-electron chi connectivity index (χ3n) is 1.41. The topological polar surface area (TPSA) is 17.1 Å². The highest BCUT2D eigenvalue weighted by Gasteiger charge is 2.05. The van der Waals surface area contributed by atoms with E-state index in [1.165, 1.54) is 0 Å². The number of ketones is 1. The minimum atomic E-state index is 0.0880. The van der Waals surface area contributed by atoms with Gasteiger partial charge in [-0.3, -0.25) is 4.79 Å². The number of carbonyl (C=O) groups is 1. The number of hydrogen-bond donors (Lipinski definition) is 0. The molecule has 1 nitrogen and oxygen atoms in total. The summed E-state index contributed by atoms with van der Waals surface area (Å²) >= 11 is 0. The second-order valence-electron chi connectivity index (χ2n) is 2.28. The molecule has 0 amide bonds. The van der Waals surface area contributed by atoms with Crippen molar-refractivity contribution < 1.29 is 4.79 Å². The van der Waals surface area contributed by atoms with Crippen LogP contribution in [0.3, 0.4) is 0 Å². The molecule has 0 spiro atoms. The van der Waals surface area contributed by atoms with Gasteiger partial charge in [0.15, 0.2) is 5.78 Å². The first-order chi connectivity index (χ1) is 4.63. The summed E-state index contributed by atoms with van der Waals surface area (Å²) in [6, 6.07) is 0. The van der Waals surface area contributed by atoms with Gasteiger partial charge in [-0.05, 0) is 31.4 Å². The van der Waals surface area contributed by atoms with Crippen molar-refractivity contribution in [2.24, 2.45) is 0 Å². The molecule has 1 heteroatoms. The summed E-state index contributed by atoms with van der Waals surface area (Å²) in [5, 5.41) is 0. The molecule has 0 atom stereocenters. The van der Waals surface area contributed by atoms with Gasteiger partial charge >= 0.3 is 0 Å². The van der Waals surface area contributed by atoms with Gasteiger partial charge in [-0.25, -0.2) is 0 Å². The molecule has 0 aromatic rings. The van der Waals surface area contributed by atoms with Gasteiger partial charge in [0.2, 0.25) is 0 Å². The molecule has 0 bridgehead atoms. The molecular weight excluding hydrogens is 124 g/mol. The van der Waals surface area contributed by atoms with Gasteiger partial charge in [-0.2, -0.15) is 0 Å². The van der Waals surface area contributed by atoms with Crippen molar-refractivity contribution in [1.29, 1.82) is 0 Å². The lowest BCUT2D eigenvalue weighted by Crippen LogP contribution is -2.01. The molecule has 0 rings (SSSR count). The Morgan fingerprint density at radius 2 is 2.10 bits per heavy atom. The Balaban J connectivity index is 4.33. The third-order valence-corrected chi connectivity index (χ3v) is 1.41. The number of carbonyl (C=O) groups excluding carboxylic acids is 1. The van der Waals surface area contributed by atoms with Crippen LogP contribution in [0, 0.1) is 0 Å². The Labute approximate surface area is 62.4 Å². The number of hydrogen-bond acceptors (Lipinski definition) is 1. The lowest BCUT2D eigenvalue weighted by molar-refractivity contribution is -0.112. The van der Waals surface area contributed by atoms with Crippen LogP contribution < -0.4 is 0 Å².